The Morgan fingerprint density at radius 1 is 0.900 bits per heavy atom. The number of rotatable bonds is 10. The largest absolute Gasteiger partial charge is 0.497 e. The molecule has 0 heterocycles. The number of benzene rings is 2. The molecule has 0 saturated carbocycles. The van der Waals surface area contributed by atoms with Crippen LogP contribution in [0.4, 0.5) is 0 Å². The second-order valence-corrected chi connectivity index (χ2v) is 6.22. The van der Waals surface area contributed by atoms with E-state index in [4.69, 9.17) is 23.7 Å². The molecule has 0 aliphatic heterocycles. The van der Waals surface area contributed by atoms with Crippen LogP contribution in [0.25, 0.3) is 0 Å². The van der Waals surface area contributed by atoms with Crippen molar-refractivity contribution in [1.82, 2.24) is 5.32 Å². The smallest absolute Gasteiger partial charge is 0.308 e. The molecule has 0 unspecified atom stereocenters. The zero-order valence-electron chi connectivity index (χ0n) is 17.8. The van der Waals surface area contributed by atoms with Crippen molar-refractivity contribution in [1.29, 1.82) is 0 Å². The highest BCUT2D eigenvalue weighted by molar-refractivity contribution is 5.96. The van der Waals surface area contributed by atoms with E-state index in [-0.39, 0.29) is 13.0 Å². The lowest BCUT2D eigenvalue weighted by molar-refractivity contribution is -0.143. The normalized spacial score (nSPS) is 11.2. The average molecular weight is 417 g/mol. The van der Waals surface area contributed by atoms with Gasteiger partial charge in [-0.3, -0.25) is 9.59 Å². The molecule has 0 aliphatic carbocycles. The highest BCUT2D eigenvalue weighted by Gasteiger charge is 2.22. The number of hydrogen-bond acceptors (Lipinski definition) is 7. The third-order valence-electron chi connectivity index (χ3n) is 4.43. The molecule has 0 radical (unpaired) electrons. The van der Waals surface area contributed by atoms with Crippen LogP contribution < -0.4 is 24.3 Å². The van der Waals surface area contributed by atoms with Gasteiger partial charge in [0, 0.05) is 5.56 Å². The molecule has 1 atom stereocenters. The van der Waals surface area contributed by atoms with Crippen LogP contribution in [-0.2, 0) is 9.53 Å². The quantitative estimate of drug-likeness (QED) is 0.594. The highest BCUT2D eigenvalue weighted by atomic mass is 16.5. The van der Waals surface area contributed by atoms with E-state index in [1.807, 2.05) is 0 Å². The molecule has 2 aromatic carbocycles. The first kappa shape index (κ1) is 22.9. The summed E-state index contributed by atoms with van der Waals surface area (Å²) < 4.78 is 26.1. The van der Waals surface area contributed by atoms with E-state index in [0.717, 1.165) is 5.56 Å². The maximum absolute atomic E-state index is 13.0. The van der Waals surface area contributed by atoms with Crippen LogP contribution in [0, 0.1) is 0 Å². The van der Waals surface area contributed by atoms with Gasteiger partial charge in [0.1, 0.15) is 5.75 Å². The molecule has 30 heavy (non-hydrogen) atoms. The van der Waals surface area contributed by atoms with Gasteiger partial charge in [0.25, 0.3) is 5.91 Å². The molecule has 0 saturated heterocycles. The Balaban J connectivity index is 2.33. The van der Waals surface area contributed by atoms with Crippen LogP contribution in [0.2, 0.25) is 0 Å². The van der Waals surface area contributed by atoms with Crippen LogP contribution >= 0.6 is 0 Å². The Morgan fingerprint density at radius 2 is 1.50 bits per heavy atom. The molecular formula is C22H27NO7. The van der Waals surface area contributed by atoms with Gasteiger partial charge in [-0.25, -0.2) is 0 Å². The number of carbonyl (C=O) groups excluding carboxylic acids is 2. The number of methoxy groups -OCH3 is 4. The first-order chi connectivity index (χ1) is 14.5. The molecular weight excluding hydrogens is 390 g/mol. The van der Waals surface area contributed by atoms with Crippen LogP contribution in [0.5, 0.6) is 23.0 Å². The second-order valence-electron chi connectivity index (χ2n) is 6.22. The Kier molecular flexibility index (Phi) is 8.34. The molecule has 0 spiro atoms. The van der Waals surface area contributed by atoms with E-state index in [2.05, 4.69) is 5.32 Å². The molecule has 2 rings (SSSR count). The van der Waals surface area contributed by atoms with Gasteiger partial charge < -0.3 is 29.0 Å². The Bertz CT molecular complexity index is 839. The summed E-state index contributed by atoms with van der Waals surface area (Å²) in [5, 5.41) is 2.88. The van der Waals surface area contributed by atoms with Crippen molar-refractivity contribution in [2.45, 2.75) is 19.4 Å². The fourth-order valence-corrected chi connectivity index (χ4v) is 2.93. The van der Waals surface area contributed by atoms with Crippen molar-refractivity contribution in [3.05, 3.63) is 47.5 Å². The summed E-state index contributed by atoms with van der Waals surface area (Å²) in [6.45, 7) is 1.99. The van der Waals surface area contributed by atoms with Crippen molar-refractivity contribution in [2.24, 2.45) is 0 Å². The summed E-state index contributed by atoms with van der Waals surface area (Å²) in [6.07, 6.45) is -0.0175. The maximum atomic E-state index is 13.0. The topological polar surface area (TPSA) is 92.3 Å². The Hall–Kier alpha value is -3.42. The van der Waals surface area contributed by atoms with Crippen molar-refractivity contribution < 1.29 is 33.3 Å². The molecule has 0 bridgehead atoms. The zero-order valence-corrected chi connectivity index (χ0v) is 17.8. The predicted octanol–water partition coefficient (Wildman–Crippen LogP) is 3.15. The highest BCUT2D eigenvalue weighted by Crippen LogP contribution is 2.38. The Morgan fingerprint density at radius 3 is 1.97 bits per heavy atom. The molecule has 8 heteroatoms. The molecule has 1 amide bonds. The number of esters is 1. The van der Waals surface area contributed by atoms with Crippen molar-refractivity contribution in [3.8, 4) is 23.0 Å². The van der Waals surface area contributed by atoms with E-state index >= 15 is 0 Å². The van der Waals surface area contributed by atoms with E-state index < -0.39 is 17.9 Å². The van der Waals surface area contributed by atoms with E-state index in [0.29, 0.717) is 28.6 Å². The number of carbonyl (C=O) groups is 2. The first-order valence-corrected chi connectivity index (χ1v) is 9.37. The molecule has 2 aromatic rings. The molecule has 1 N–H and O–H groups in total. The summed E-state index contributed by atoms with van der Waals surface area (Å²) in [4.78, 5) is 25.1. The summed E-state index contributed by atoms with van der Waals surface area (Å²) in [6, 6.07) is 9.61. The lowest BCUT2D eigenvalue weighted by Crippen LogP contribution is -2.30. The minimum atomic E-state index is -0.596. The predicted molar refractivity (Wildman–Crippen MR) is 111 cm³/mol. The molecule has 0 aliphatic rings. The van der Waals surface area contributed by atoms with Gasteiger partial charge in [-0.1, -0.05) is 12.1 Å². The van der Waals surface area contributed by atoms with Crippen molar-refractivity contribution >= 4 is 11.9 Å². The number of ether oxygens (including phenoxy) is 5. The van der Waals surface area contributed by atoms with Gasteiger partial charge in [-0.15, -0.1) is 0 Å². The first-order valence-electron chi connectivity index (χ1n) is 9.37. The minimum absolute atomic E-state index is 0.0175. The third kappa shape index (κ3) is 5.56. The van der Waals surface area contributed by atoms with Gasteiger partial charge in [0.15, 0.2) is 11.5 Å². The number of amides is 1. The SMILES string of the molecule is CCOC(=O)C[C@@H](NC(=O)c1cc(OC)c(OC)c(OC)c1)c1ccc(OC)cc1. The van der Waals surface area contributed by atoms with Gasteiger partial charge in [0.2, 0.25) is 5.75 Å². The molecule has 0 aromatic heterocycles. The zero-order chi connectivity index (χ0) is 22.1. The van der Waals surface area contributed by atoms with E-state index in [1.54, 1.807) is 50.4 Å². The van der Waals surface area contributed by atoms with Gasteiger partial charge >= 0.3 is 5.97 Å². The summed E-state index contributed by atoms with van der Waals surface area (Å²) in [5.74, 6) is 0.948. The summed E-state index contributed by atoms with van der Waals surface area (Å²) >= 11 is 0. The van der Waals surface area contributed by atoms with Crippen LogP contribution in [0.3, 0.4) is 0 Å². The van der Waals surface area contributed by atoms with Gasteiger partial charge in [-0.2, -0.15) is 0 Å². The van der Waals surface area contributed by atoms with Gasteiger partial charge in [0.05, 0.1) is 47.5 Å². The molecule has 8 nitrogen and oxygen atoms in total. The van der Waals surface area contributed by atoms with Crippen molar-refractivity contribution in [2.75, 3.05) is 35.0 Å². The van der Waals surface area contributed by atoms with Crippen LogP contribution in [0.1, 0.15) is 35.3 Å². The van der Waals surface area contributed by atoms with Crippen LogP contribution in [-0.4, -0.2) is 46.9 Å². The van der Waals surface area contributed by atoms with E-state index in [1.165, 1.54) is 21.3 Å². The van der Waals surface area contributed by atoms with Crippen molar-refractivity contribution in [3.63, 3.8) is 0 Å². The summed E-state index contributed by atoms with van der Waals surface area (Å²) in [7, 11) is 6.00. The standard InChI is InChI=1S/C22H27NO7/c1-6-30-20(24)13-17(14-7-9-16(26-2)10-8-14)23-22(25)15-11-18(27-3)21(29-5)19(12-15)28-4/h7-12,17H,6,13H2,1-5H3,(H,23,25)/t17-/m1/s1. The van der Waals surface area contributed by atoms with E-state index in [9.17, 15) is 9.59 Å². The van der Waals surface area contributed by atoms with Crippen LogP contribution in [0.15, 0.2) is 36.4 Å². The fourth-order valence-electron chi connectivity index (χ4n) is 2.93. The monoisotopic (exact) mass is 417 g/mol. The lowest BCUT2D eigenvalue weighted by Gasteiger charge is -2.20. The maximum Gasteiger partial charge on any atom is 0.308 e. The third-order valence-corrected chi connectivity index (χ3v) is 4.43. The minimum Gasteiger partial charge on any atom is -0.497 e. The number of hydrogen-bond donors (Lipinski definition) is 1. The molecule has 162 valence electrons. The Labute approximate surface area is 176 Å². The molecule has 0 fully saturated rings. The lowest BCUT2D eigenvalue weighted by atomic mass is 10.0. The van der Waals surface area contributed by atoms with Gasteiger partial charge in [-0.05, 0) is 36.8 Å². The fraction of sp³-hybridized carbons (Fsp3) is 0.364. The second kappa shape index (κ2) is 10.9. The average Bonchev–Trinajstić information content (AvgIpc) is 2.77. The number of nitrogens with one attached hydrogen (secondary N) is 1. The summed E-state index contributed by atoms with van der Waals surface area (Å²) in [5.41, 5.74) is 1.04.